The summed E-state index contributed by atoms with van der Waals surface area (Å²) in [5.74, 6) is 0. The molecular formula is C15H14BrCl2N. The fourth-order valence-corrected chi connectivity index (χ4v) is 2.73. The normalized spacial score (nSPS) is 12.3. The number of rotatable bonds is 3. The maximum Gasteiger partial charge on any atom is 0.0501 e. The SMILES string of the molecule is Cc1ccc(Br)c(NC(C)c2cc(Cl)ccc2Cl)c1. The van der Waals surface area contributed by atoms with Crippen molar-refractivity contribution in [3.05, 3.63) is 62.0 Å². The van der Waals surface area contributed by atoms with Crippen LogP contribution in [0, 0.1) is 6.92 Å². The summed E-state index contributed by atoms with van der Waals surface area (Å²) in [6.07, 6.45) is 0. The van der Waals surface area contributed by atoms with Gasteiger partial charge in [0.05, 0.1) is 6.04 Å². The summed E-state index contributed by atoms with van der Waals surface area (Å²) in [5.41, 5.74) is 3.24. The summed E-state index contributed by atoms with van der Waals surface area (Å²) in [7, 11) is 0. The first-order valence-corrected chi connectivity index (χ1v) is 7.50. The van der Waals surface area contributed by atoms with E-state index in [4.69, 9.17) is 23.2 Å². The highest BCUT2D eigenvalue weighted by Gasteiger charge is 2.11. The summed E-state index contributed by atoms with van der Waals surface area (Å²) in [6.45, 7) is 4.13. The van der Waals surface area contributed by atoms with Crippen LogP contribution in [-0.4, -0.2) is 0 Å². The molecule has 0 aliphatic rings. The molecule has 2 aromatic carbocycles. The van der Waals surface area contributed by atoms with Gasteiger partial charge in [-0.15, -0.1) is 0 Å². The molecule has 2 aromatic rings. The lowest BCUT2D eigenvalue weighted by molar-refractivity contribution is 0.883. The quantitative estimate of drug-likeness (QED) is 0.684. The Morgan fingerprint density at radius 3 is 2.58 bits per heavy atom. The minimum absolute atomic E-state index is 0.0734. The summed E-state index contributed by atoms with van der Waals surface area (Å²) < 4.78 is 1.03. The topological polar surface area (TPSA) is 12.0 Å². The molecule has 2 rings (SSSR count). The first-order chi connectivity index (χ1) is 8.97. The van der Waals surface area contributed by atoms with Gasteiger partial charge >= 0.3 is 0 Å². The molecule has 0 heterocycles. The third kappa shape index (κ3) is 3.65. The van der Waals surface area contributed by atoms with E-state index in [0.29, 0.717) is 10.0 Å². The molecule has 0 aromatic heterocycles. The van der Waals surface area contributed by atoms with E-state index in [-0.39, 0.29) is 6.04 Å². The van der Waals surface area contributed by atoms with Gasteiger partial charge in [-0.1, -0.05) is 29.3 Å². The van der Waals surface area contributed by atoms with Crippen LogP contribution in [0.5, 0.6) is 0 Å². The molecule has 0 radical (unpaired) electrons. The molecule has 0 saturated heterocycles. The van der Waals surface area contributed by atoms with Crippen LogP contribution in [0.1, 0.15) is 24.1 Å². The first kappa shape index (κ1) is 14.7. The van der Waals surface area contributed by atoms with E-state index in [1.54, 1.807) is 6.07 Å². The number of anilines is 1. The molecule has 100 valence electrons. The van der Waals surface area contributed by atoms with Crippen molar-refractivity contribution in [1.29, 1.82) is 0 Å². The minimum Gasteiger partial charge on any atom is -0.378 e. The smallest absolute Gasteiger partial charge is 0.0501 e. The van der Waals surface area contributed by atoms with Crippen molar-refractivity contribution < 1.29 is 0 Å². The average molecular weight is 359 g/mol. The monoisotopic (exact) mass is 357 g/mol. The summed E-state index contributed by atoms with van der Waals surface area (Å²) in [6, 6.07) is 11.8. The number of nitrogens with one attached hydrogen (secondary N) is 1. The van der Waals surface area contributed by atoms with Crippen molar-refractivity contribution in [3.63, 3.8) is 0 Å². The Hall–Kier alpha value is -0.700. The molecule has 0 amide bonds. The molecule has 1 nitrogen and oxygen atoms in total. The van der Waals surface area contributed by atoms with Gasteiger partial charge in [-0.25, -0.2) is 0 Å². The van der Waals surface area contributed by atoms with E-state index >= 15 is 0 Å². The Labute approximate surface area is 132 Å². The average Bonchev–Trinajstić information content (AvgIpc) is 2.36. The molecule has 0 saturated carbocycles. The number of hydrogen-bond acceptors (Lipinski definition) is 1. The lowest BCUT2D eigenvalue weighted by atomic mass is 10.1. The second-order valence-electron chi connectivity index (χ2n) is 4.52. The third-order valence-corrected chi connectivity index (χ3v) is 4.19. The van der Waals surface area contributed by atoms with Gasteiger partial charge in [0.25, 0.3) is 0 Å². The highest BCUT2D eigenvalue weighted by molar-refractivity contribution is 9.10. The Bertz CT molecular complexity index is 599. The lowest BCUT2D eigenvalue weighted by Gasteiger charge is -2.18. The molecular weight excluding hydrogens is 345 g/mol. The second kappa shape index (κ2) is 6.17. The number of aryl methyl sites for hydroxylation is 1. The highest BCUT2D eigenvalue weighted by Crippen LogP contribution is 2.31. The molecule has 1 atom stereocenters. The lowest BCUT2D eigenvalue weighted by Crippen LogP contribution is -2.08. The van der Waals surface area contributed by atoms with Gasteiger partial charge in [0, 0.05) is 20.2 Å². The van der Waals surface area contributed by atoms with Gasteiger partial charge in [0.15, 0.2) is 0 Å². The van der Waals surface area contributed by atoms with E-state index in [0.717, 1.165) is 15.7 Å². The fourth-order valence-electron chi connectivity index (χ4n) is 1.91. The molecule has 0 spiro atoms. The van der Waals surface area contributed by atoms with Crippen LogP contribution >= 0.6 is 39.1 Å². The van der Waals surface area contributed by atoms with Crippen molar-refractivity contribution in [2.75, 3.05) is 5.32 Å². The molecule has 1 N–H and O–H groups in total. The van der Waals surface area contributed by atoms with Crippen molar-refractivity contribution >= 4 is 44.8 Å². The van der Waals surface area contributed by atoms with Crippen molar-refractivity contribution in [1.82, 2.24) is 0 Å². The van der Waals surface area contributed by atoms with Gasteiger partial charge in [0.1, 0.15) is 0 Å². The van der Waals surface area contributed by atoms with Crippen LogP contribution in [0.2, 0.25) is 10.0 Å². The van der Waals surface area contributed by atoms with E-state index in [2.05, 4.69) is 47.2 Å². The van der Waals surface area contributed by atoms with E-state index in [9.17, 15) is 0 Å². The van der Waals surface area contributed by atoms with Gasteiger partial charge < -0.3 is 5.32 Å². The maximum absolute atomic E-state index is 6.22. The first-order valence-electron chi connectivity index (χ1n) is 5.95. The minimum atomic E-state index is 0.0734. The molecule has 4 heteroatoms. The predicted molar refractivity (Wildman–Crippen MR) is 87.4 cm³/mol. The van der Waals surface area contributed by atoms with Crippen LogP contribution in [0.4, 0.5) is 5.69 Å². The number of halogens is 3. The highest BCUT2D eigenvalue weighted by atomic mass is 79.9. The molecule has 19 heavy (non-hydrogen) atoms. The molecule has 0 aliphatic carbocycles. The summed E-state index contributed by atoms with van der Waals surface area (Å²) in [4.78, 5) is 0. The van der Waals surface area contributed by atoms with E-state index in [1.165, 1.54) is 5.56 Å². The fraction of sp³-hybridized carbons (Fsp3) is 0.200. The molecule has 0 fully saturated rings. The van der Waals surface area contributed by atoms with Gasteiger partial charge in [-0.2, -0.15) is 0 Å². The largest absolute Gasteiger partial charge is 0.378 e. The van der Waals surface area contributed by atoms with Gasteiger partial charge in [-0.05, 0) is 71.2 Å². The molecule has 1 unspecified atom stereocenters. The Morgan fingerprint density at radius 1 is 1.11 bits per heavy atom. The van der Waals surface area contributed by atoms with Crippen molar-refractivity contribution in [2.24, 2.45) is 0 Å². The zero-order valence-electron chi connectivity index (χ0n) is 10.7. The van der Waals surface area contributed by atoms with Crippen LogP contribution < -0.4 is 5.32 Å². The van der Waals surface area contributed by atoms with Crippen LogP contribution in [-0.2, 0) is 0 Å². The van der Waals surface area contributed by atoms with Crippen molar-refractivity contribution in [2.45, 2.75) is 19.9 Å². The van der Waals surface area contributed by atoms with E-state index in [1.807, 2.05) is 18.2 Å². The number of benzene rings is 2. The summed E-state index contributed by atoms with van der Waals surface area (Å²) in [5, 5.41) is 4.85. The Balaban J connectivity index is 2.27. The standard InChI is InChI=1S/C15H14BrCl2N/c1-9-3-5-13(16)15(7-9)19-10(2)12-8-11(17)4-6-14(12)18/h3-8,10,19H,1-2H3. The Kier molecular flexibility index (Phi) is 4.77. The van der Waals surface area contributed by atoms with Gasteiger partial charge in [0.2, 0.25) is 0 Å². The molecule has 0 bridgehead atoms. The summed E-state index contributed by atoms with van der Waals surface area (Å²) >= 11 is 15.8. The van der Waals surface area contributed by atoms with Crippen molar-refractivity contribution in [3.8, 4) is 0 Å². The van der Waals surface area contributed by atoms with Crippen LogP contribution in [0.3, 0.4) is 0 Å². The number of hydrogen-bond donors (Lipinski definition) is 1. The third-order valence-electron chi connectivity index (χ3n) is 2.92. The van der Waals surface area contributed by atoms with Crippen LogP contribution in [0.15, 0.2) is 40.9 Å². The van der Waals surface area contributed by atoms with E-state index < -0.39 is 0 Å². The molecule has 0 aliphatic heterocycles. The second-order valence-corrected chi connectivity index (χ2v) is 6.21. The predicted octanol–water partition coefficient (Wildman–Crippen LogP) is 6.24. The maximum atomic E-state index is 6.22. The van der Waals surface area contributed by atoms with Crippen LogP contribution in [0.25, 0.3) is 0 Å². The Morgan fingerprint density at radius 2 is 1.84 bits per heavy atom. The zero-order valence-corrected chi connectivity index (χ0v) is 13.8. The zero-order chi connectivity index (χ0) is 14.0. The van der Waals surface area contributed by atoms with Gasteiger partial charge in [-0.3, -0.25) is 0 Å².